The fraction of sp³-hybridized carbons (Fsp3) is 0.556. The van der Waals surface area contributed by atoms with E-state index in [1.165, 1.54) is 5.56 Å². The third-order valence-corrected chi connectivity index (χ3v) is 6.04. The lowest BCUT2D eigenvalue weighted by Gasteiger charge is -2.48. The second kappa shape index (κ2) is 5.96. The second-order valence-corrected chi connectivity index (χ2v) is 7.23. The minimum atomic E-state index is -0.638. The molecule has 0 saturated heterocycles. The van der Waals surface area contributed by atoms with Gasteiger partial charge in [-0.3, -0.25) is 0 Å². The SMILES string of the molecule is C[C@]12CC[C@H](c3ccccc3)C[C@@]1(O)CC[C@@H]2/C=N/N=C(N)N. The Morgan fingerprint density at radius 1 is 1.22 bits per heavy atom. The highest BCUT2D eigenvalue weighted by molar-refractivity contribution is 5.76. The zero-order chi connectivity index (χ0) is 16.5. The van der Waals surface area contributed by atoms with Crippen LogP contribution in [-0.4, -0.2) is 22.9 Å². The summed E-state index contributed by atoms with van der Waals surface area (Å²) in [5.41, 5.74) is 11.2. The molecule has 0 spiro atoms. The summed E-state index contributed by atoms with van der Waals surface area (Å²) in [5, 5.41) is 19.0. The highest BCUT2D eigenvalue weighted by atomic mass is 16.3. The molecule has 4 atom stereocenters. The normalized spacial score (nSPS) is 36.8. The van der Waals surface area contributed by atoms with E-state index in [9.17, 15) is 5.11 Å². The number of rotatable bonds is 3. The van der Waals surface area contributed by atoms with Crippen molar-refractivity contribution in [2.45, 2.75) is 50.5 Å². The Morgan fingerprint density at radius 2 is 1.96 bits per heavy atom. The van der Waals surface area contributed by atoms with E-state index >= 15 is 0 Å². The first-order chi connectivity index (χ1) is 10.9. The van der Waals surface area contributed by atoms with E-state index in [0.29, 0.717) is 5.92 Å². The van der Waals surface area contributed by atoms with Crippen molar-refractivity contribution < 1.29 is 5.11 Å². The van der Waals surface area contributed by atoms with Crippen molar-refractivity contribution >= 4 is 12.2 Å². The van der Waals surface area contributed by atoms with E-state index in [1.54, 1.807) is 0 Å². The molecule has 3 rings (SSSR count). The van der Waals surface area contributed by atoms with Crippen LogP contribution in [0, 0.1) is 11.3 Å². The summed E-state index contributed by atoms with van der Waals surface area (Å²) >= 11 is 0. The van der Waals surface area contributed by atoms with E-state index in [-0.39, 0.29) is 17.3 Å². The predicted octanol–water partition coefficient (Wildman–Crippen LogP) is 2.36. The minimum Gasteiger partial charge on any atom is -0.389 e. The third kappa shape index (κ3) is 2.85. The van der Waals surface area contributed by atoms with Crippen molar-refractivity contribution in [1.82, 2.24) is 0 Å². The molecule has 0 unspecified atom stereocenters. The Labute approximate surface area is 137 Å². The Balaban J connectivity index is 1.79. The second-order valence-electron chi connectivity index (χ2n) is 7.23. The topological polar surface area (TPSA) is 97.0 Å². The van der Waals surface area contributed by atoms with Crippen molar-refractivity contribution in [3.05, 3.63) is 35.9 Å². The third-order valence-electron chi connectivity index (χ3n) is 6.04. The molecule has 5 nitrogen and oxygen atoms in total. The number of nitrogens with two attached hydrogens (primary N) is 2. The van der Waals surface area contributed by atoms with Crippen LogP contribution < -0.4 is 11.5 Å². The van der Waals surface area contributed by atoms with Gasteiger partial charge in [-0.25, -0.2) is 0 Å². The maximum absolute atomic E-state index is 11.3. The average Bonchev–Trinajstić information content (AvgIpc) is 2.79. The summed E-state index contributed by atoms with van der Waals surface area (Å²) in [6.45, 7) is 2.19. The van der Waals surface area contributed by atoms with Gasteiger partial charge in [0.15, 0.2) is 0 Å². The highest BCUT2D eigenvalue weighted by Crippen LogP contribution is 2.60. The lowest BCUT2D eigenvalue weighted by molar-refractivity contribution is -0.0956. The minimum absolute atomic E-state index is 0.0348. The number of nitrogens with zero attached hydrogens (tertiary/aromatic N) is 2. The van der Waals surface area contributed by atoms with Crippen LogP contribution in [0.15, 0.2) is 40.5 Å². The van der Waals surface area contributed by atoms with Gasteiger partial charge in [0.05, 0.1) is 5.60 Å². The summed E-state index contributed by atoms with van der Waals surface area (Å²) in [7, 11) is 0. The van der Waals surface area contributed by atoms with Gasteiger partial charge in [-0.2, -0.15) is 5.10 Å². The van der Waals surface area contributed by atoms with E-state index in [4.69, 9.17) is 11.5 Å². The fourth-order valence-corrected chi connectivity index (χ4v) is 4.51. The molecule has 124 valence electrons. The first kappa shape index (κ1) is 16.0. The van der Waals surface area contributed by atoms with Gasteiger partial charge in [-0.15, -0.1) is 5.10 Å². The number of benzene rings is 1. The first-order valence-corrected chi connectivity index (χ1v) is 8.34. The molecule has 0 amide bonds. The smallest absolute Gasteiger partial charge is 0.211 e. The summed E-state index contributed by atoms with van der Waals surface area (Å²) in [5.74, 6) is 0.613. The lowest BCUT2D eigenvalue weighted by Crippen LogP contribution is -2.49. The summed E-state index contributed by atoms with van der Waals surface area (Å²) in [4.78, 5) is 0. The van der Waals surface area contributed by atoms with Gasteiger partial charge >= 0.3 is 0 Å². The van der Waals surface area contributed by atoms with E-state index in [2.05, 4.69) is 41.4 Å². The molecule has 0 aromatic heterocycles. The number of hydrogen-bond donors (Lipinski definition) is 3. The van der Waals surface area contributed by atoms with Gasteiger partial charge < -0.3 is 16.6 Å². The maximum atomic E-state index is 11.3. The van der Waals surface area contributed by atoms with Crippen molar-refractivity contribution in [1.29, 1.82) is 0 Å². The van der Waals surface area contributed by atoms with Gasteiger partial charge in [-0.05, 0) is 43.6 Å². The standard InChI is InChI=1S/C18H26N4O/c1-17-9-7-14(13-5-3-2-4-6-13)11-18(17,23)10-8-15(17)12-21-22-16(19)20/h2-6,12,14-15,23H,7-11H2,1H3,(H4,19,20,22)/b21-12+/t14-,15+,17+,18-/m0/s1. The zero-order valence-electron chi connectivity index (χ0n) is 13.7. The number of fused-ring (bicyclic) bond motifs is 1. The molecule has 1 aromatic carbocycles. The summed E-state index contributed by atoms with van der Waals surface area (Å²) in [6.07, 6.45) is 6.46. The van der Waals surface area contributed by atoms with Gasteiger partial charge in [0.2, 0.25) is 5.96 Å². The van der Waals surface area contributed by atoms with E-state index in [0.717, 1.165) is 32.1 Å². The first-order valence-electron chi connectivity index (χ1n) is 8.34. The Kier molecular flexibility index (Phi) is 4.15. The molecule has 23 heavy (non-hydrogen) atoms. The van der Waals surface area contributed by atoms with Gasteiger partial charge in [-0.1, -0.05) is 37.3 Å². The molecule has 2 aliphatic rings. The largest absolute Gasteiger partial charge is 0.389 e. The number of aliphatic hydroxyl groups is 1. The summed E-state index contributed by atoms with van der Waals surface area (Å²) in [6, 6.07) is 10.5. The molecule has 0 bridgehead atoms. The van der Waals surface area contributed by atoms with Crippen LogP contribution >= 0.6 is 0 Å². The molecule has 2 aliphatic carbocycles. The molecular formula is C18H26N4O. The molecular weight excluding hydrogens is 288 g/mol. The van der Waals surface area contributed by atoms with Crippen LogP contribution in [0.4, 0.5) is 0 Å². The van der Waals surface area contributed by atoms with Crippen molar-refractivity contribution in [2.24, 2.45) is 33.0 Å². The van der Waals surface area contributed by atoms with Crippen LogP contribution in [0.3, 0.4) is 0 Å². The lowest BCUT2D eigenvalue weighted by atomic mass is 9.59. The molecule has 1 aromatic rings. The van der Waals surface area contributed by atoms with Gasteiger partial charge in [0, 0.05) is 17.5 Å². The van der Waals surface area contributed by atoms with Crippen LogP contribution in [0.1, 0.15) is 50.5 Å². The quantitative estimate of drug-likeness (QED) is 0.454. The Hall–Kier alpha value is -1.88. The van der Waals surface area contributed by atoms with Crippen molar-refractivity contribution in [3.8, 4) is 0 Å². The molecule has 2 saturated carbocycles. The molecule has 2 fully saturated rings. The Morgan fingerprint density at radius 3 is 2.65 bits per heavy atom. The highest BCUT2D eigenvalue weighted by Gasteiger charge is 2.58. The summed E-state index contributed by atoms with van der Waals surface area (Å²) < 4.78 is 0. The van der Waals surface area contributed by atoms with E-state index < -0.39 is 5.60 Å². The van der Waals surface area contributed by atoms with Crippen molar-refractivity contribution in [3.63, 3.8) is 0 Å². The van der Waals surface area contributed by atoms with Crippen LogP contribution in [0.2, 0.25) is 0 Å². The van der Waals surface area contributed by atoms with Gasteiger partial charge in [0.1, 0.15) is 0 Å². The predicted molar refractivity (Wildman–Crippen MR) is 93.1 cm³/mol. The van der Waals surface area contributed by atoms with E-state index in [1.807, 2.05) is 12.3 Å². The van der Waals surface area contributed by atoms with Crippen LogP contribution in [0.5, 0.6) is 0 Å². The zero-order valence-corrected chi connectivity index (χ0v) is 13.7. The molecule has 5 N–H and O–H groups in total. The number of guanidine groups is 1. The molecule has 0 heterocycles. The number of hydrogen-bond acceptors (Lipinski definition) is 3. The van der Waals surface area contributed by atoms with Gasteiger partial charge in [0.25, 0.3) is 0 Å². The molecule has 0 radical (unpaired) electrons. The van der Waals surface area contributed by atoms with Crippen LogP contribution in [-0.2, 0) is 0 Å². The fourth-order valence-electron chi connectivity index (χ4n) is 4.51. The van der Waals surface area contributed by atoms with Crippen LogP contribution in [0.25, 0.3) is 0 Å². The Bertz CT molecular complexity index is 611. The monoisotopic (exact) mass is 314 g/mol. The average molecular weight is 314 g/mol. The maximum Gasteiger partial charge on any atom is 0.211 e. The molecule has 5 heteroatoms. The van der Waals surface area contributed by atoms with Crippen molar-refractivity contribution in [2.75, 3.05) is 0 Å². The molecule has 0 aliphatic heterocycles.